The van der Waals surface area contributed by atoms with Gasteiger partial charge in [0.2, 0.25) is 0 Å². The van der Waals surface area contributed by atoms with Crippen molar-refractivity contribution in [1.82, 2.24) is 9.80 Å². The Balaban J connectivity index is 1.40. The summed E-state index contributed by atoms with van der Waals surface area (Å²) in [6.07, 6.45) is 4.12. The van der Waals surface area contributed by atoms with Crippen LogP contribution in [0, 0.1) is 5.92 Å². The van der Waals surface area contributed by atoms with Crippen molar-refractivity contribution < 1.29 is 9.47 Å². The van der Waals surface area contributed by atoms with Crippen LogP contribution in [0.15, 0.2) is 24.3 Å². The van der Waals surface area contributed by atoms with Crippen LogP contribution in [0.25, 0.3) is 0 Å². The van der Waals surface area contributed by atoms with E-state index in [1.54, 1.807) is 0 Å². The number of hydrogen-bond acceptors (Lipinski definition) is 5. The van der Waals surface area contributed by atoms with E-state index in [2.05, 4.69) is 60.2 Å². The normalized spacial score (nSPS) is 25.9. The van der Waals surface area contributed by atoms with Gasteiger partial charge in [-0.25, -0.2) is 0 Å². The number of likely N-dealkylation sites (tertiary alicyclic amines) is 1. The van der Waals surface area contributed by atoms with Gasteiger partial charge in [0.05, 0.1) is 6.10 Å². The molecule has 0 amide bonds. The lowest BCUT2D eigenvalue weighted by atomic mass is 9.93. The Kier molecular flexibility index (Phi) is 8.44. The molecule has 2 saturated heterocycles. The van der Waals surface area contributed by atoms with Gasteiger partial charge in [0.1, 0.15) is 12.4 Å². The second-order valence-corrected chi connectivity index (χ2v) is 8.31. The van der Waals surface area contributed by atoms with Crippen LogP contribution in [0.3, 0.4) is 0 Å². The minimum Gasteiger partial charge on any atom is -0.492 e. The maximum atomic E-state index is 5.90. The van der Waals surface area contributed by atoms with Crippen molar-refractivity contribution >= 4 is 5.69 Å². The third-order valence-corrected chi connectivity index (χ3v) is 6.25. The first-order valence-corrected chi connectivity index (χ1v) is 11.2. The van der Waals surface area contributed by atoms with Gasteiger partial charge >= 0.3 is 0 Å². The van der Waals surface area contributed by atoms with Crippen molar-refractivity contribution in [2.45, 2.75) is 52.2 Å². The number of nitrogens with zero attached hydrogens (tertiary/aromatic N) is 2. The summed E-state index contributed by atoms with van der Waals surface area (Å²) < 4.78 is 11.7. The number of rotatable bonds is 10. The zero-order valence-corrected chi connectivity index (χ0v) is 18.0. The summed E-state index contributed by atoms with van der Waals surface area (Å²) in [4.78, 5) is 4.97. The van der Waals surface area contributed by atoms with Gasteiger partial charge in [-0.1, -0.05) is 20.8 Å². The lowest BCUT2D eigenvalue weighted by Gasteiger charge is -2.38. The maximum absolute atomic E-state index is 5.90. The molecule has 0 unspecified atom stereocenters. The number of piperidine rings is 1. The molecule has 3 atom stereocenters. The van der Waals surface area contributed by atoms with Crippen LogP contribution in [0.5, 0.6) is 5.75 Å². The highest BCUT2D eigenvalue weighted by atomic mass is 16.5. The highest BCUT2D eigenvalue weighted by Gasteiger charge is 2.28. The van der Waals surface area contributed by atoms with Gasteiger partial charge in [-0.2, -0.15) is 0 Å². The van der Waals surface area contributed by atoms with E-state index in [0.29, 0.717) is 18.1 Å². The number of anilines is 1. The summed E-state index contributed by atoms with van der Waals surface area (Å²) in [5.41, 5.74) is 1.19. The fourth-order valence-corrected chi connectivity index (χ4v) is 4.38. The highest BCUT2D eigenvalue weighted by Crippen LogP contribution is 2.24. The SMILES string of the molecule is CCN(CC)CCOc1ccc(N[C@@H]2CCN(C[C@@H]3CCCO3)C[C@H]2C)cc1. The Bertz CT molecular complexity index is 555. The van der Waals surface area contributed by atoms with Crippen LogP contribution in [-0.2, 0) is 4.74 Å². The van der Waals surface area contributed by atoms with Gasteiger partial charge in [0.25, 0.3) is 0 Å². The minimum atomic E-state index is 0.464. The summed E-state index contributed by atoms with van der Waals surface area (Å²) >= 11 is 0. The molecule has 2 aliphatic rings. The summed E-state index contributed by atoms with van der Waals surface area (Å²) in [5.74, 6) is 1.59. The second-order valence-electron chi connectivity index (χ2n) is 8.31. The first-order valence-electron chi connectivity index (χ1n) is 11.2. The molecule has 2 aliphatic heterocycles. The third-order valence-electron chi connectivity index (χ3n) is 6.25. The first-order chi connectivity index (χ1) is 13.7. The van der Waals surface area contributed by atoms with Gasteiger partial charge in [-0.3, -0.25) is 0 Å². The first kappa shape index (κ1) is 21.4. The molecule has 158 valence electrons. The molecule has 3 rings (SSSR count). The lowest BCUT2D eigenvalue weighted by Crippen LogP contribution is -2.47. The average molecular weight is 390 g/mol. The maximum Gasteiger partial charge on any atom is 0.119 e. The standard InChI is InChI=1S/C23H39N3O2/c1-4-25(5-2)14-16-28-21-10-8-20(9-11-21)24-23-12-13-26(17-19(23)3)18-22-7-6-15-27-22/h8-11,19,22-24H,4-7,12-18H2,1-3H3/t19-,22+,23-/m1/s1. The molecular formula is C23H39N3O2. The molecule has 0 aromatic heterocycles. The van der Waals surface area contributed by atoms with Crippen LogP contribution in [-0.4, -0.2) is 74.4 Å². The van der Waals surface area contributed by atoms with Gasteiger partial charge in [-0.15, -0.1) is 0 Å². The number of hydrogen-bond donors (Lipinski definition) is 1. The molecule has 1 aromatic rings. The lowest BCUT2D eigenvalue weighted by molar-refractivity contribution is 0.0563. The predicted molar refractivity (Wildman–Crippen MR) is 116 cm³/mol. The molecule has 0 spiro atoms. The Morgan fingerprint density at radius 2 is 1.96 bits per heavy atom. The Labute approximate surface area is 171 Å². The van der Waals surface area contributed by atoms with E-state index in [1.165, 1.54) is 24.9 Å². The fourth-order valence-electron chi connectivity index (χ4n) is 4.38. The molecule has 0 aliphatic carbocycles. The summed E-state index contributed by atoms with van der Waals surface area (Å²) in [7, 11) is 0. The van der Waals surface area contributed by atoms with E-state index in [1.807, 2.05) is 0 Å². The quantitative estimate of drug-likeness (QED) is 0.660. The van der Waals surface area contributed by atoms with Crippen molar-refractivity contribution in [3.63, 3.8) is 0 Å². The smallest absolute Gasteiger partial charge is 0.119 e. The largest absolute Gasteiger partial charge is 0.492 e. The van der Waals surface area contributed by atoms with Gasteiger partial charge in [-0.05, 0) is 62.5 Å². The Hall–Kier alpha value is -1.30. The van der Waals surface area contributed by atoms with E-state index in [9.17, 15) is 0 Å². The van der Waals surface area contributed by atoms with Crippen molar-refractivity contribution in [2.75, 3.05) is 57.8 Å². The topological polar surface area (TPSA) is 37.0 Å². The van der Waals surface area contributed by atoms with Crippen molar-refractivity contribution in [1.29, 1.82) is 0 Å². The average Bonchev–Trinajstić information content (AvgIpc) is 3.22. The Morgan fingerprint density at radius 3 is 2.61 bits per heavy atom. The van der Waals surface area contributed by atoms with Gasteiger partial charge < -0.3 is 24.6 Å². The molecule has 0 saturated carbocycles. The fraction of sp³-hybridized carbons (Fsp3) is 0.739. The second kappa shape index (κ2) is 11.0. The van der Waals surface area contributed by atoms with Crippen molar-refractivity contribution in [2.24, 2.45) is 5.92 Å². The Morgan fingerprint density at radius 1 is 1.18 bits per heavy atom. The van der Waals surface area contributed by atoms with Gasteiger partial charge in [0.15, 0.2) is 0 Å². The van der Waals surface area contributed by atoms with E-state index in [4.69, 9.17) is 9.47 Å². The number of nitrogens with one attached hydrogen (secondary N) is 1. The summed E-state index contributed by atoms with van der Waals surface area (Å²) in [5, 5.41) is 3.74. The van der Waals surface area contributed by atoms with Crippen LogP contribution < -0.4 is 10.1 Å². The monoisotopic (exact) mass is 389 g/mol. The molecule has 1 aromatic carbocycles. The molecule has 0 bridgehead atoms. The molecule has 5 nitrogen and oxygen atoms in total. The zero-order valence-electron chi connectivity index (χ0n) is 18.0. The van der Waals surface area contributed by atoms with Gasteiger partial charge in [0, 0.05) is 44.5 Å². The van der Waals surface area contributed by atoms with Crippen LogP contribution in [0.1, 0.15) is 40.0 Å². The van der Waals surface area contributed by atoms with E-state index >= 15 is 0 Å². The molecule has 0 radical (unpaired) electrons. The van der Waals surface area contributed by atoms with Crippen LogP contribution >= 0.6 is 0 Å². The third kappa shape index (κ3) is 6.36. The highest BCUT2D eigenvalue weighted by molar-refractivity contribution is 5.47. The number of ether oxygens (including phenoxy) is 2. The zero-order chi connectivity index (χ0) is 19.8. The summed E-state index contributed by atoms with van der Waals surface area (Å²) in [6, 6.07) is 9.01. The predicted octanol–water partition coefficient (Wildman–Crippen LogP) is 3.71. The number of likely N-dealkylation sites (N-methyl/N-ethyl adjacent to an activating group) is 1. The van der Waals surface area contributed by atoms with E-state index in [-0.39, 0.29) is 0 Å². The van der Waals surface area contributed by atoms with E-state index < -0.39 is 0 Å². The van der Waals surface area contributed by atoms with Crippen LogP contribution in [0.4, 0.5) is 5.69 Å². The molecule has 1 N–H and O–H groups in total. The number of benzene rings is 1. The summed E-state index contributed by atoms with van der Waals surface area (Å²) in [6.45, 7) is 15.0. The van der Waals surface area contributed by atoms with Crippen LogP contribution in [0.2, 0.25) is 0 Å². The minimum absolute atomic E-state index is 0.464. The molecule has 2 heterocycles. The molecule has 2 fully saturated rings. The van der Waals surface area contributed by atoms with Crippen molar-refractivity contribution in [3.8, 4) is 5.75 Å². The molecule has 5 heteroatoms. The molecular weight excluding hydrogens is 350 g/mol. The van der Waals surface area contributed by atoms with E-state index in [0.717, 1.165) is 58.2 Å². The van der Waals surface area contributed by atoms with Crippen molar-refractivity contribution in [3.05, 3.63) is 24.3 Å². The molecule has 28 heavy (non-hydrogen) atoms.